The van der Waals surface area contributed by atoms with E-state index in [1.165, 1.54) is 19.3 Å². The van der Waals surface area contributed by atoms with Gasteiger partial charge in [-0.25, -0.2) is 0 Å². The molecule has 1 N–H and O–H groups in total. The molecular formula is C23H30N2O2. The van der Waals surface area contributed by atoms with Crippen molar-refractivity contribution in [3.63, 3.8) is 0 Å². The Morgan fingerprint density at radius 2 is 1.59 bits per heavy atom. The van der Waals surface area contributed by atoms with Crippen molar-refractivity contribution in [2.24, 2.45) is 29.1 Å². The number of benzene rings is 1. The fourth-order valence-electron chi connectivity index (χ4n) is 6.85. The lowest BCUT2D eigenvalue weighted by Crippen LogP contribution is -2.56. The summed E-state index contributed by atoms with van der Waals surface area (Å²) in [6, 6.07) is 9.64. The van der Waals surface area contributed by atoms with Crippen LogP contribution >= 0.6 is 0 Å². The maximum atomic E-state index is 13.6. The highest BCUT2D eigenvalue weighted by atomic mass is 16.2. The van der Waals surface area contributed by atoms with Gasteiger partial charge in [0, 0.05) is 18.8 Å². The first-order valence-corrected chi connectivity index (χ1v) is 10.8. The molecule has 1 saturated heterocycles. The molecule has 6 rings (SSSR count). The van der Waals surface area contributed by atoms with E-state index in [4.69, 9.17) is 0 Å². The van der Waals surface area contributed by atoms with E-state index in [0.717, 1.165) is 62.1 Å². The number of hydrogen-bond donors (Lipinski definition) is 1. The highest BCUT2D eigenvalue weighted by Gasteiger charge is 2.55. The second-order valence-corrected chi connectivity index (χ2v) is 9.64. The van der Waals surface area contributed by atoms with Crippen molar-refractivity contribution in [3.8, 4) is 0 Å². The molecule has 0 radical (unpaired) electrons. The van der Waals surface area contributed by atoms with Gasteiger partial charge in [0.1, 0.15) is 0 Å². The van der Waals surface area contributed by atoms with Crippen molar-refractivity contribution < 1.29 is 9.59 Å². The first-order chi connectivity index (χ1) is 13.1. The molecule has 1 aliphatic heterocycles. The molecule has 27 heavy (non-hydrogen) atoms. The Balaban J connectivity index is 1.27. The number of carbonyl (C=O) groups is 2. The van der Waals surface area contributed by atoms with Crippen LogP contribution in [-0.4, -0.2) is 29.8 Å². The SMILES string of the molecule is O=C(Nc1ccccc1)[C@H]1CCCN(C(=O)C23CC4CC(CC(C4)C2)C3)C1. The van der Waals surface area contributed by atoms with Gasteiger partial charge in [-0.1, -0.05) is 18.2 Å². The lowest BCUT2D eigenvalue weighted by Gasteiger charge is -2.57. The summed E-state index contributed by atoms with van der Waals surface area (Å²) in [6.45, 7) is 1.43. The zero-order chi connectivity index (χ0) is 18.4. The molecule has 1 aromatic carbocycles. The Morgan fingerprint density at radius 3 is 2.22 bits per heavy atom. The van der Waals surface area contributed by atoms with Crippen LogP contribution in [0.25, 0.3) is 0 Å². The van der Waals surface area contributed by atoms with Gasteiger partial charge in [0.05, 0.1) is 11.3 Å². The quantitative estimate of drug-likeness (QED) is 0.876. The molecule has 4 bridgehead atoms. The molecule has 4 heteroatoms. The van der Waals surface area contributed by atoms with E-state index >= 15 is 0 Å². The molecule has 5 aliphatic rings. The van der Waals surface area contributed by atoms with E-state index in [0.29, 0.717) is 12.5 Å². The summed E-state index contributed by atoms with van der Waals surface area (Å²) >= 11 is 0. The summed E-state index contributed by atoms with van der Waals surface area (Å²) in [4.78, 5) is 28.4. The van der Waals surface area contributed by atoms with E-state index in [1.807, 2.05) is 35.2 Å². The largest absolute Gasteiger partial charge is 0.341 e. The number of rotatable bonds is 3. The Kier molecular flexibility index (Phi) is 4.25. The predicted molar refractivity (Wildman–Crippen MR) is 105 cm³/mol. The van der Waals surface area contributed by atoms with Gasteiger partial charge in [-0.05, 0) is 81.3 Å². The summed E-state index contributed by atoms with van der Waals surface area (Å²) < 4.78 is 0. The number of anilines is 1. The number of nitrogens with one attached hydrogen (secondary N) is 1. The topological polar surface area (TPSA) is 49.4 Å². The van der Waals surface area contributed by atoms with Crippen LogP contribution in [-0.2, 0) is 9.59 Å². The fraction of sp³-hybridized carbons (Fsp3) is 0.652. The van der Waals surface area contributed by atoms with Gasteiger partial charge in [0.2, 0.25) is 11.8 Å². The van der Waals surface area contributed by atoms with E-state index in [2.05, 4.69) is 5.32 Å². The first kappa shape index (κ1) is 17.3. The summed E-state index contributed by atoms with van der Waals surface area (Å²) in [5, 5.41) is 3.03. The van der Waals surface area contributed by atoms with Crippen molar-refractivity contribution in [3.05, 3.63) is 30.3 Å². The first-order valence-electron chi connectivity index (χ1n) is 10.8. The average molecular weight is 367 g/mol. The molecule has 1 aromatic rings. The van der Waals surface area contributed by atoms with Gasteiger partial charge in [-0.2, -0.15) is 0 Å². The van der Waals surface area contributed by atoms with Crippen LogP contribution in [0.5, 0.6) is 0 Å². The van der Waals surface area contributed by atoms with Crippen LogP contribution in [0.4, 0.5) is 5.69 Å². The minimum atomic E-state index is -0.0907. The Labute approximate surface area is 161 Å². The van der Waals surface area contributed by atoms with Crippen LogP contribution < -0.4 is 5.32 Å². The van der Waals surface area contributed by atoms with Crippen LogP contribution in [0.1, 0.15) is 51.4 Å². The summed E-state index contributed by atoms with van der Waals surface area (Å²) in [5.41, 5.74) is 0.749. The monoisotopic (exact) mass is 366 g/mol. The molecule has 5 fully saturated rings. The number of amides is 2. The molecule has 144 valence electrons. The van der Waals surface area contributed by atoms with Crippen molar-refractivity contribution in [1.82, 2.24) is 4.90 Å². The van der Waals surface area contributed by atoms with Gasteiger partial charge in [0.25, 0.3) is 0 Å². The van der Waals surface area contributed by atoms with Gasteiger partial charge in [-0.15, -0.1) is 0 Å². The van der Waals surface area contributed by atoms with Crippen molar-refractivity contribution >= 4 is 17.5 Å². The molecule has 1 heterocycles. The van der Waals surface area contributed by atoms with Gasteiger partial charge >= 0.3 is 0 Å². The molecular weight excluding hydrogens is 336 g/mol. The smallest absolute Gasteiger partial charge is 0.229 e. The van der Waals surface area contributed by atoms with Crippen LogP contribution in [0.2, 0.25) is 0 Å². The van der Waals surface area contributed by atoms with Crippen LogP contribution in [0, 0.1) is 29.1 Å². The van der Waals surface area contributed by atoms with Gasteiger partial charge < -0.3 is 10.2 Å². The standard InChI is InChI=1S/C23H30N2O2/c26-21(24-20-6-2-1-3-7-20)19-5-4-8-25(15-19)22(27)23-12-16-9-17(13-23)11-18(10-16)14-23/h1-3,6-7,16-19H,4-5,8-15H2,(H,24,26)/t16?,17?,18?,19-,23?/m0/s1. The third kappa shape index (κ3) is 3.17. The maximum absolute atomic E-state index is 13.6. The van der Waals surface area contributed by atoms with Crippen molar-refractivity contribution in [2.75, 3.05) is 18.4 Å². The Morgan fingerprint density at radius 1 is 0.963 bits per heavy atom. The second-order valence-electron chi connectivity index (χ2n) is 9.64. The van der Waals surface area contributed by atoms with Gasteiger partial charge in [-0.3, -0.25) is 9.59 Å². The zero-order valence-corrected chi connectivity index (χ0v) is 16.0. The van der Waals surface area contributed by atoms with Crippen LogP contribution in [0.3, 0.4) is 0 Å². The number of para-hydroxylation sites is 1. The highest BCUT2D eigenvalue weighted by molar-refractivity contribution is 5.93. The molecule has 4 nitrogen and oxygen atoms in total. The van der Waals surface area contributed by atoms with E-state index in [-0.39, 0.29) is 17.2 Å². The predicted octanol–water partition coefficient (Wildman–Crippen LogP) is 4.08. The third-order valence-electron chi connectivity index (χ3n) is 7.61. The van der Waals surface area contributed by atoms with Crippen LogP contribution in [0.15, 0.2) is 30.3 Å². The number of carbonyl (C=O) groups excluding carboxylic acids is 2. The normalized spacial score (nSPS) is 37.3. The molecule has 2 amide bonds. The molecule has 0 spiro atoms. The summed E-state index contributed by atoms with van der Waals surface area (Å²) in [6.07, 6.45) is 9.20. The van der Waals surface area contributed by atoms with Gasteiger partial charge in [0.15, 0.2) is 0 Å². The second kappa shape index (κ2) is 6.65. The lowest BCUT2D eigenvalue weighted by atomic mass is 9.49. The average Bonchev–Trinajstić information content (AvgIpc) is 2.67. The van der Waals surface area contributed by atoms with E-state index in [1.54, 1.807) is 0 Å². The zero-order valence-electron chi connectivity index (χ0n) is 16.0. The Hall–Kier alpha value is -1.84. The summed E-state index contributed by atoms with van der Waals surface area (Å²) in [5.74, 6) is 2.69. The minimum Gasteiger partial charge on any atom is -0.341 e. The minimum absolute atomic E-state index is 0.0595. The molecule has 4 saturated carbocycles. The summed E-state index contributed by atoms with van der Waals surface area (Å²) in [7, 11) is 0. The van der Waals surface area contributed by atoms with Crippen molar-refractivity contribution in [2.45, 2.75) is 51.4 Å². The fourth-order valence-corrected chi connectivity index (χ4v) is 6.85. The Bertz CT molecular complexity index is 694. The molecule has 0 aromatic heterocycles. The number of likely N-dealkylation sites (tertiary alicyclic amines) is 1. The number of piperidine rings is 1. The van der Waals surface area contributed by atoms with E-state index in [9.17, 15) is 9.59 Å². The maximum Gasteiger partial charge on any atom is 0.229 e. The molecule has 1 atom stereocenters. The highest BCUT2D eigenvalue weighted by Crippen LogP contribution is 2.60. The number of nitrogens with zero attached hydrogens (tertiary/aromatic N) is 1. The third-order valence-corrected chi connectivity index (χ3v) is 7.61. The molecule has 0 unspecified atom stereocenters. The number of hydrogen-bond acceptors (Lipinski definition) is 2. The van der Waals surface area contributed by atoms with Crippen molar-refractivity contribution in [1.29, 1.82) is 0 Å². The lowest BCUT2D eigenvalue weighted by molar-refractivity contribution is -0.159. The molecule has 4 aliphatic carbocycles. The van der Waals surface area contributed by atoms with E-state index < -0.39 is 0 Å².